The van der Waals surface area contributed by atoms with Gasteiger partial charge in [-0.3, -0.25) is 14.5 Å². The van der Waals surface area contributed by atoms with Crippen molar-refractivity contribution in [3.8, 4) is 0 Å². The van der Waals surface area contributed by atoms with E-state index in [2.05, 4.69) is 4.74 Å². The summed E-state index contributed by atoms with van der Waals surface area (Å²) in [5.41, 5.74) is 0.555. The first kappa shape index (κ1) is 7.78. The molecule has 0 radical (unpaired) electrons. The van der Waals surface area contributed by atoms with Gasteiger partial charge in [-0.15, -0.1) is 0 Å². The lowest BCUT2D eigenvalue weighted by atomic mass is 10.3. The number of ether oxygens (including phenoxy) is 1. The van der Waals surface area contributed by atoms with Gasteiger partial charge < -0.3 is 4.74 Å². The summed E-state index contributed by atoms with van der Waals surface area (Å²) in [5.74, 6) is -0.248. The molecule has 0 N–H and O–H groups in total. The standard InChI is InChI=1S/C7H9NO3/c1-11-4-6-2-3-8(5-9)7(6)10/h4-5H,2-3H2,1H3. The van der Waals surface area contributed by atoms with E-state index in [1.807, 2.05) is 0 Å². The molecular weight excluding hydrogens is 146 g/mol. The number of amides is 2. The fourth-order valence-corrected chi connectivity index (χ4v) is 0.986. The van der Waals surface area contributed by atoms with Crippen molar-refractivity contribution in [2.75, 3.05) is 13.7 Å². The molecule has 60 valence electrons. The molecule has 0 bridgehead atoms. The molecule has 0 aromatic carbocycles. The Kier molecular flexibility index (Phi) is 2.25. The summed E-state index contributed by atoms with van der Waals surface area (Å²) in [6, 6.07) is 0. The predicted octanol–water partition coefficient (Wildman–Crippen LogP) is -0.0946. The Morgan fingerprint density at radius 1 is 1.64 bits per heavy atom. The number of carbonyl (C=O) groups is 2. The lowest BCUT2D eigenvalue weighted by molar-refractivity contribution is -0.132. The number of nitrogens with zero attached hydrogens (tertiary/aromatic N) is 1. The summed E-state index contributed by atoms with van der Waals surface area (Å²) in [6.07, 6.45) is 2.51. The molecule has 1 aliphatic heterocycles. The second-order valence-corrected chi connectivity index (χ2v) is 2.23. The number of hydrogen-bond donors (Lipinski definition) is 0. The third-order valence-corrected chi connectivity index (χ3v) is 1.54. The van der Waals surface area contributed by atoms with Gasteiger partial charge in [-0.05, 0) is 6.42 Å². The molecule has 1 heterocycles. The number of likely N-dealkylation sites (tertiary alicyclic amines) is 1. The van der Waals surface area contributed by atoms with Crippen molar-refractivity contribution in [1.29, 1.82) is 0 Å². The van der Waals surface area contributed by atoms with Crippen LogP contribution in [0.4, 0.5) is 0 Å². The smallest absolute Gasteiger partial charge is 0.259 e. The van der Waals surface area contributed by atoms with E-state index in [-0.39, 0.29) is 5.91 Å². The van der Waals surface area contributed by atoms with Crippen LogP contribution in [0.3, 0.4) is 0 Å². The van der Waals surface area contributed by atoms with Crippen molar-refractivity contribution >= 4 is 12.3 Å². The van der Waals surface area contributed by atoms with Gasteiger partial charge in [0.25, 0.3) is 5.91 Å². The molecule has 1 aliphatic rings. The topological polar surface area (TPSA) is 46.6 Å². The zero-order chi connectivity index (χ0) is 8.27. The van der Waals surface area contributed by atoms with Crippen LogP contribution in [0.5, 0.6) is 0 Å². The number of carbonyl (C=O) groups excluding carboxylic acids is 2. The largest absolute Gasteiger partial charge is 0.504 e. The van der Waals surface area contributed by atoms with E-state index < -0.39 is 0 Å². The van der Waals surface area contributed by atoms with E-state index in [4.69, 9.17) is 0 Å². The Labute approximate surface area is 64.4 Å². The Bertz CT molecular complexity index is 210. The maximum Gasteiger partial charge on any atom is 0.259 e. The number of imide groups is 1. The summed E-state index contributed by atoms with van der Waals surface area (Å²) < 4.78 is 4.66. The van der Waals surface area contributed by atoms with E-state index in [1.54, 1.807) is 0 Å². The molecule has 0 aromatic heterocycles. The molecule has 1 fully saturated rings. The molecule has 11 heavy (non-hydrogen) atoms. The van der Waals surface area contributed by atoms with Crippen LogP contribution in [-0.2, 0) is 14.3 Å². The van der Waals surface area contributed by atoms with Crippen LogP contribution in [0.1, 0.15) is 6.42 Å². The molecule has 4 heteroatoms. The quantitative estimate of drug-likeness (QED) is 0.318. The Morgan fingerprint density at radius 2 is 2.36 bits per heavy atom. The van der Waals surface area contributed by atoms with Gasteiger partial charge in [0.1, 0.15) is 0 Å². The van der Waals surface area contributed by atoms with Gasteiger partial charge in [0.05, 0.1) is 18.9 Å². The minimum atomic E-state index is -0.248. The summed E-state index contributed by atoms with van der Waals surface area (Å²) in [6.45, 7) is 0.470. The van der Waals surface area contributed by atoms with Crippen LogP contribution in [0.2, 0.25) is 0 Å². The van der Waals surface area contributed by atoms with E-state index in [0.717, 1.165) is 4.90 Å². The maximum absolute atomic E-state index is 11.1. The number of rotatable bonds is 2. The Hall–Kier alpha value is -1.32. The second-order valence-electron chi connectivity index (χ2n) is 2.23. The van der Waals surface area contributed by atoms with Crippen molar-refractivity contribution < 1.29 is 14.3 Å². The lowest BCUT2D eigenvalue weighted by Gasteiger charge is -2.01. The third kappa shape index (κ3) is 1.39. The van der Waals surface area contributed by atoms with Crippen LogP contribution in [0, 0.1) is 0 Å². The van der Waals surface area contributed by atoms with E-state index >= 15 is 0 Å². The molecule has 1 rings (SSSR count). The van der Waals surface area contributed by atoms with E-state index in [0.29, 0.717) is 24.9 Å². The van der Waals surface area contributed by atoms with Gasteiger partial charge >= 0.3 is 0 Å². The van der Waals surface area contributed by atoms with Gasteiger partial charge in [0.2, 0.25) is 6.41 Å². The summed E-state index contributed by atoms with van der Waals surface area (Å²) in [5, 5.41) is 0. The van der Waals surface area contributed by atoms with Crippen molar-refractivity contribution in [2.24, 2.45) is 0 Å². The molecule has 0 saturated carbocycles. The number of hydrogen-bond acceptors (Lipinski definition) is 3. The summed E-state index contributed by atoms with van der Waals surface area (Å²) in [4.78, 5) is 22.4. The molecule has 0 spiro atoms. The highest BCUT2D eigenvalue weighted by Gasteiger charge is 2.25. The molecule has 1 saturated heterocycles. The van der Waals surface area contributed by atoms with Crippen molar-refractivity contribution in [3.63, 3.8) is 0 Å². The van der Waals surface area contributed by atoms with Crippen LogP contribution >= 0.6 is 0 Å². The van der Waals surface area contributed by atoms with Crippen LogP contribution < -0.4 is 0 Å². The normalized spacial score (nSPS) is 21.0. The average Bonchev–Trinajstić information content (AvgIpc) is 2.34. The predicted molar refractivity (Wildman–Crippen MR) is 37.5 cm³/mol. The monoisotopic (exact) mass is 155 g/mol. The van der Waals surface area contributed by atoms with E-state index in [1.165, 1.54) is 13.4 Å². The lowest BCUT2D eigenvalue weighted by Crippen LogP contribution is -2.22. The first-order chi connectivity index (χ1) is 5.29. The van der Waals surface area contributed by atoms with Gasteiger partial charge in [-0.25, -0.2) is 0 Å². The molecule has 0 atom stereocenters. The molecule has 4 nitrogen and oxygen atoms in total. The third-order valence-electron chi connectivity index (χ3n) is 1.54. The summed E-state index contributed by atoms with van der Waals surface area (Å²) in [7, 11) is 1.48. The minimum absolute atomic E-state index is 0.248. The van der Waals surface area contributed by atoms with Gasteiger partial charge in [-0.2, -0.15) is 0 Å². The molecular formula is C7H9NO3. The van der Waals surface area contributed by atoms with Crippen LogP contribution in [0.15, 0.2) is 11.8 Å². The number of methoxy groups -OCH3 is 1. The molecule has 2 amide bonds. The van der Waals surface area contributed by atoms with E-state index in [9.17, 15) is 9.59 Å². The summed E-state index contributed by atoms with van der Waals surface area (Å²) >= 11 is 0. The van der Waals surface area contributed by atoms with Crippen LogP contribution in [0.25, 0.3) is 0 Å². The van der Waals surface area contributed by atoms with Gasteiger partial charge in [0.15, 0.2) is 0 Å². The highest BCUT2D eigenvalue weighted by Crippen LogP contribution is 2.14. The van der Waals surface area contributed by atoms with Gasteiger partial charge in [0, 0.05) is 6.54 Å². The maximum atomic E-state index is 11.1. The second kappa shape index (κ2) is 3.18. The molecule has 0 unspecified atom stereocenters. The zero-order valence-electron chi connectivity index (χ0n) is 6.24. The first-order valence-corrected chi connectivity index (χ1v) is 3.27. The Morgan fingerprint density at radius 3 is 2.82 bits per heavy atom. The van der Waals surface area contributed by atoms with Crippen LogP contribution in [-0.4, -0.2) is 30.9 Å². The zero-order valence-corrected chi connectivity index (χ0v) is 6.24. The fourth-order valence-electron chi connectivity index (χ4n) is 0.986. The highest BCUT2D eigenvalue weighted by molar-refractivity contribution is 6.01. The first-order valence-electron chi connectivity index (χ1n) is 3.27. The average molecular weight is 155 g/mol. The van der Waals surface area contributed by atoms with Gasteiger partial charge in [-0.1, -0.05) is 0 Å². The van der Waals surface area contributed by atoms with Crippen molar-refractivity contribution in [3.05, 3.63) is 11.8 Å². The highest BCUT2D eigenvalue weighted by atomic mass is 16.5. The minimum Gasteiger partial charge on any atom is -0.504 e. The van der Waals surface area contributed by atoms with Crippen molar-refractivity contribution in [2.45, 2.75) is 6.42 Å². The van der Waals surface area contributed by atoms with Crippen molar-refractivity contribution in [1.82, 2.24) is 4.90 Å². The Balaban J connectivity index is 2.70. The SMILES string of the molecule is COC=C1CCN(C=O)C1=O. The fraction of sp³-hybridized carbons (Fsp3) is 0.429. The molecule has 0 aromatic rings. The molecule has 0 aliphatic carbocycles.